The van der Waals surface area contributed by atoms with Crippen molar-refractivity contribution in [1.82, 2.24) is 24.8 Å². The van der Waals surface area contributed by atoms with Crippen LogP contribution in [0.5, 0.6) is 0 Å². The number of likely N-dealkylation sites (tertiary alicyclic amines) is 1. The van der Waals surface area contributed by atoms with Gasteiger partial charge < -0.3 is 10.2 Å². The van der Waals surface area contributed by atoms with Crippen LogP contribution in [-0.4, -0.2) is 43.8 Å². The molecule has 1 aliphatic heterocycles. The van der Waals surface area contributed by atoms with Crippen molar-refractivity contribution in [1.29, 1.82) is 0 Å². The van der Waals surface area contributed by atoms with E-state index in [0.29, 0.717) is 18.2 Å². The Labute approximate surface area is 147 Å². The Balaban J connectivity index is 1.66. The van der Waals surface area contributed by atoms with E-state index in [1.54, 1.807) is 31.0 Å². The van der Waals surface area contributed by atoms with Gasteiger partial charge in [0.2, 0.25) is 5.91 Å². The number of hydrogen-bond donors (Lipinski definition) is 1. The first kappa shape index (κ1) is 17.3. The summed E-state index contributed by atoms with van der Waals surface area (Å²) in [5.74, 6) is 2.30. The molecule has 0 atom stereocenters. The molecule has 7 heteroatoms. The van der Waals surface area contributed by atoms with Crippen molar-refractivity contribution in [2.75, 3.05) is 18.4 Å². The van der Waals surface area contributed by atoms with E-state index in [0.717, 1.165) is 37.4 Å². The van der Waals surface area contributed by atoms with Gasteiger partial charge in [0.05, 0.1) is 11.9 Å². The Bertz CT molecular complexity index is 698. The van der Waals surface area contributed by atoms with Crippen molar-refractivity contribution in [3.05, 3.63) is 36.7 Å². The summed E-state index contributed by atoms with van der Waals surface area (Å²) in [4.78, 5) is 31.5. The zero-order valence-electron chi connectivity index (χ0n) is 14.7. The van der Waals surface area contributed by atoms with Crippen LogP contribution >= 0.6 is 0 Å². The van der Waals surface area contributed by atoms with Gasteiger partial charge in [0.25, 0.3) is 0 Å². The molecular formula is C18H24N6O. The molecular weight excluding hydrogens is 316 g/mol. The quantitative estimate of drug-likeness (QED) is 0.901. The zero-order chi connectivity index (χ0) is 17.6. The number of nitrogens with zero attached hydrogens (tertiary/aromatic N) is 5. The first-order valence-corrected chi connectivity index (χ1v) is 8.75. The van der Waals surface area contributed by atoms with E-state index in [4.69, 9.17) is 0 Å². The lowest BCUT2D eigenvalue weighted by Gasteiger charge is -2.32. The minimum absolute atomic E-state index is 0.255. The van der Waals surface area contributed by atoms with E-state index in [9.17, 15) is 4.79 Å². The highest BCUT2D eigenvalue weighted by atomic mass is 16.2. The lowest BCUT2D eigenvalue weighted by atomic mass is 9.92. The Morgan fingerprint density at radius 1 is 1.16 bits per heavy atom. The molecule has 7 nitrogen and oxygen atoms in total. The van der Waals surface area contributed by atoms with Crippen molar-refractivity contribution < 1.29 is 4.79 Å². The number of anilines is 2. The van der Waals surface area contributed by atoms with Crippen LogP contribution < -0.4 is 5.32 Å². The molecule has 2 aromatic heterocycles. The number of amides is 1. The lowest BCUT2D eigenvalue weighted by Crippen LogP contribution is -2.38. The number of aromatic nitrogens is 4. The third kappa shape index (κ3) is 4.49. The van der Waals surface area contributed by atoms with Crippen molar-refractivity contribution in [2.45, 2.75) is 39.0 Å². The van der Waals surface area contributed by atoms with E-state index in [-0.39, 0.29) is 11.8 Å². The van der Waals surface area contributed by atoms with Gasteiger partial charge in [-0.05, 0) is 18.8 Å². The monoisotopic (exact) mass is 340 g/mol. The lowest BCUT2D eigenvalue weighted by molar-refractivity contribution is -0.133. The Morgan fingerprint density at radius 2 is 1.88 bits per heavy atom. The number of hydrogen-bond acceptors (Lipinski definition) is 6. The van der Waals surface area contributed by atoms with Crippen LogP contribution in [0.3, 0.4) is 0 Å². The fraction of sp³-hybridized carbons (Fsp3) is 0.500. The second-order valence-corrected chi connectivity index (χ2v) is 6.76. The molecule has 1 amide bonds. The van der Waals surface area contributed by atoms with E-state index < -0.39 is 0 Å². The molecule has 0 spiro atoms. The Morgan fingerprint density at radius 3 is 2.56 bits per heavy atom. The molecule has 0 bridgehead atoms. The zero-order valence-corrected chi connectivity index (χ0v) is 14.7. The summed E-state index contributed by atoms with van der Waals surface area (Å²) >= 11 is 0. The number of carbonyl (C=O) groups is 1. The van der Waals surface area contributed by atoms with Crippen LogP contribution in [0, 0.1) is 5.92 Å². The Hall–Kier alpha value is -2.57. The van der Waals surface area contributed by atoms with Gasteiger partial charge in [0, 0.05) is 50.2 Å². The van der Waals surface area contributed by atoms with Gasteiger partial charge in [-0.15, -0.1) is 0 Å². The summed E-state index contributed by atoms with van der Waals surface area (Å²) in [6, 6.07) is 0. The van der Waals surface area contributed by atoms with Crippen molar-refractivity contribution >= 4 is 17.5 Å². The van der Waals surface area contributed by atoms with Gasteiger partial charge in [-0.1, -0.05) is 13.8 Å². The van der Waals surface area contributed by atoms with Crippen LogP contribution in [0.2, 0.25) is 0 Å². The molecule has 132 valence electrons. The van der Waals surface area contributed by atoms with Crippen LogP contribution in [0.1, 0.15) is 44.7 Å². The van der Waals surface area contributed by atoms with E-state index >= 15 is 0 Å². The highest BCUT2D eigenvalue weighted by molar-refractivity contribution is 5.76. The summed E-state index contributed by atoms with van der Waals surface area (Å²) in [6.45, 7) is 5.71. The molecule has 0 unspecified atom stereocenters. The average molecular weight is 340 g/mol. The molecule has 3 heterocycles. The van der Waals surface area contributed by atoms with Crippen LogP contribution in [-0.2, 0) is 4.79 Å². The molecule has 1 N–H and O–H groups in total. The van der Waals surface area contributed by atoms with Gasteiger partial charge >= 0.3 is 0 Å². The predicted molar refractivity (Wildman–Crippen MR) is 95.4 cm³/mol. The Kier molecular flexibility index (Phi) is 5.53. The molecule has 1 fully saturated rings. The summed E-state index contributed by atoms with van der Waals surface area (Å²) in [5, 5.41) is 3.20. The smallest absolute Gasteiger partial charge is 0.222 e. The van der Waals surface area contributed by atoms with Crippen LogP contribution in [0.25, 0.3) is 0 Å². The minimum Gasteiger partial charge on any atom is -0.343 e. The van der Waals surface area contributed by atoms with Crippen LogP contribution in [0.15, 0.2) is 31.0 Å². The summed E-state index contributed by atoms with van der Waals surface area (Å²) in [5.41, 5.74) is 0.934. The van der Waals surface area contributed by atoms with Crippen LogP contribution in [0.4, 0.5) is 11.6 Å². The van der Waals surface area contributed by atoms with Gasteiger partial charge in [-0.25, -0.2) is 9.97 Å². The molecule has 1 saturated heterocycles. The number of rotatable bonds is 5. The fourth-order valence-corrected chi connectivity index (χ4v) is 3.11. The highest BCUT2D eigenvalue weighted by Crippen LogP contribution is 2.31. The van der Waals surface area contributed by atoms with E-state index in [2.05, 4.69) is 39.1 Å². The second-order valence-electron chi connectivity index (χ2n) is 6.76. The fourth-order valence-electron chi connectivity index (χ4n) is 3.11. The van der Waals surface area contributed by atoms with Gasteiger partial charge in [-0.3, -0.25) is 14.8 Å². The third-order valence-electron chi connectivity index (χ3n) is 4.35. The standard InChI is InChI=1S/C18H24N6O/c1-13(2)11-16(25)24-9-3-14(4-10-24)17-18(22-8-7-21-17)23-15-12-19-5-6-20-15/h5-8,12-14H,3-4,9-11H2,1-2H3,(H,20,22,23). The predicted octanol–water partition coefficient (Wildman–Crippen LogP) is 2.76. The SMILES string of the molecule is CC(C)CC(=O)N1CCC(c2nccnc2Nc2cnccn2)CC1. The summed E-state index contributed by atoms with van der Waals surface area (Å²) < 4.78 is 0. The maximum Gasteiger partial charge on any atom is 0.222 e. The largest absolute Gasteiger partial charge is 0.343 e. The number of piperidine rings is 1. The number of carbonyl (C=O) groups excluding carboxylic acids is 1. The molecule has 25 heavy (non-hydrogen) atoms. The van der Waals surface area contributed by atoms with Crippen molar-refractivity contribution in [3.63, 3.8) is 0 Å². The van der Waals surface area contributed by atoms with Crippen molar-refractivity contribution in [2.24, 2.45) is 5.92 Å². The molecule has 0 aromatic carbocycles. The van der Waals surface area contributed by atoms with Gasteiger partial charge in [0.15, 0.2) is 5.82 Å². The van der Waals surface area contributed by atoms with Crippen molar-refractivity contribution in [3.8, 4) is 0 Å². The number of nitrogens with one attached hydrogen (secondary N) is 1. The molecule has 0 aliphatic carbocycles. The van der Waals surface area contributed by atoms with Gasteiger partial charge in [-0.2, -0.15) is 0 Å². The average Bonchev–Trinajstić information content (AvgIpc) is 2.63. The first-order chi connectivity index (χ1) is 12.1. The summed E-state index contributed by atoms with van der Waals surface area (Å²) in [6.07, 6.45) is 10.7. The molecule has 0 saturated carbocycles. The molecule has 3 rings (SSSR count). The van der Waals surface area contributed by atoms with Gasteiger partial charge in [0.1, 0.15) is 5.82 Å². The topological polar surface area (TPSA) is 83.9 Å². The molecule has 2 aromatic rings. The van der Waals surface area contributed by atoms with E-state index in [1.807, 2.05) is 4.90 Å². The maximum atomic E-state index is 12.2. The minimum atomic E-state index is 0.255. The third-order valence-corrected chi connectivity index (χ3v) is 4.35. The molecule has 1 aliphatic rings. The van der Waals surface area contributed by atoms with E-state index in [1.165, 1.54) is 0 Å². The highest BCUT2D eigenvalue weighted by Gasteiger charge is 2.26. The summed E-state index contributed by atoms with van der Waals surface area (Å²) in [7, 11) is 0. The second kappa shape index (κ2) is 8.00. The first-order valence-electron chi connectivity index (χ1n) is 8.75. The normalized spacial score (nSPS) is 15.4. The molecule has 0 radical (unpaired) electrons. The maximum absolute atomic E-state index is 12.2.